The van der Waals surface area contributed by atoms with Crippen LogP contribution in [0, 0.1) is 5.82 Å². The van der Waals surface area contributed by atoms with Crippen molar-refractivity contribution >= 4 is 11.8 Å². The number of halogens is 1. The minimum absolute atomic E-state index is 0.0470. The van der Waals surface area contributed by atoms with E-state index < -0.39 is 6.04 Å². The third kappa shape index (κ3) is 4.78. The van der Waals surface area contributed by atoms with Crippen LogP contribution in [-0.4, -0.2) is 53.8 Å². The molecule has 1 heterocycles. The van der Waals surface area contributed by atoms with Crippen molar-refractivity contribution in [2.24, 2.45) is 0 Å². The number of nitrogens with one attached hydrogen (secondary N) is 1. The van der Waals surface area contributed by atoms with Crippen molar-refractivity contribution in [1.29, 1.82) is 0 Å². The summed E-state index contributed by atoms with van der Waals surface area (Å²) in [7, 11) is 1.79. The highest BCUT2D eigenvalue weighted by atomic mass is 19.1. The van der Waals surface area contributed by atoms with E-state index in [4.69, 9.17) is 0 Å². The fourth-order valence-electron chi connectivity index (χ4n) is 3.37. The molecule has 0 spiro atoms. The number of piperazine rings is 1. The topological polar surface area (TPSA) is 52.7 Å². The quantitative estimate of drug-likeness (QED) is 0.821. The fourth-order valence-corrected chi connectivity index (χ4v) is 3.37. The first-order valence-corrected chi connectivity index (χ1v) is 8.98. The first-order valence-electron chi connectivity index (χ1n) is 8.98. The summed E-state index contributed by atoms with van der Waals surface area (Å²) in [5, 5.41) is 2.82. The highest BCUT2D eigenvalue weighted by Crippen LogP contribution is 2.18. The largest absolute Gasteiger partial charge is 0.353 e. The van der Waals surface area contributed by atoms with Crippen LogP contribution in [0.5, 0.6) is 0 Å². The van der Waals surface area contributed by atoms with Crippen LogP contribution in [0.25, 0.3) is 0 Å². The van der Waals surface area contributed by atoms with Gasteiger partial charge in [0.25, 0.3) is 0 Å². The van der Waals surface area contributed by atoms with Gasteiger partial charge in [0.15, 0.2) is 0 Å². The highest BCUT2D eigenvalue weighted by molar-refractivity contribution is 5.88. The van der Waals surface area contributed by atoms with Crippen LogP contribution in [-0.2, 0) is 16.1 Å². The van der Waals surface area contributed by atoms with Gasteiger partial charge in [-0.25, -0.2) is 4.39 Å². The second kappa shape index (κ2) is 8.94. The zero-order valence-electron chi connectivity index (χ0n) is 15.3. The Morgan fingerprint density at radius 2 is 2.04 bits per heavy atom. The molecule has 1 aliphatic heterocycles. The molecular formula is C19H28FN3O2. The Morgan fingerprint density at radius 3 is 2.68 bits per heavy atom. The first kappa shape index (κ1) is 19.4. The van der Waals surface area contributed by atoms with Crippen LogP contribution in [0.15, 0.2) is 24.3 Å². The van der Waals surface area contributed by atoms with Crippen molar-refractivity contribution in [1.82, 2.24) is 15.1 Å². The van der Waals surface area contributed by atoms with E-state index in [0.29, 0.717) is 25.2 Å². The summed E-state index contributed by atoms with van der Waals surface area (Å²) in [6.07, 6.45) is 1.89. The maximum atomic E-state index is 14.0. The van der Waals surface area contributed by atoms with Crippen molar-refractivity contribution in [2.75, 3.05) is 20.1 Å². The molecule has 2 amide bonds. The van der Waals surface area contributed by atoms with Gasteiger partial charge in [-0.05, 0) is 18.9 Å². The van der Waals surface area contributed by atoms with Crippen LogP contribution in [0.3, 0.4) is 0 Å². The lowest BCUT2D eigenvalue weighted by molar-refractivity contribution is -0.139. The lowest BCUT2D eigenvalue weighted by Crippen LogP contribution is -2.56. The molecule has 6 heteroatoms. The summed E-state index contributed by atoms with van der Waals surface area (Å²) >= 11 is 0. The van der Waals surface area contributed by atoms with Gasteiger partial charge < -0.3 is 10.2 Å². The van der Waals surface area contributed by atoms with Crippen LogP contribution < -0.4 is 5.32 Å². The number of carbonyl (C=O) groups is 2. The van der Waals surface area contributed by atoms with Gasteiger partial charge in [0, 0.05) is 38.3 Å². The minimum atomic E-state index is -0.558. The number of benzene rings is 1. The fraction of sp³-hybridized carbons (Fsp3) is 0.579. The molecule has 138 valence electrons. The van der Waals surface area contributed by atoms with Gasteiger partial charge in [-0.2, -0.15) is 0 Å². The van der Waals surface area contributed by atoms with Gasteiger partial charge in [0.1, 0.15) is 5.82 Å². The summed E-state index contributed by atoms with van der Waals surface area (Å²) in [4.78, 5) is 28.6. The molecule has 0 aliphatic carbocycles. The Morgan fingerprint density at radius 1 is 1.36 bits per heavy atom. The van der Waals surface area contributed by atoms with E-state index in [2.05, 4.69) is 19.2 Å². The van der Waals surface area contributed by atoms with E-state index in [9.17, 15) is 14.0 Å². The third-order valence-corrected chi connectivity index (χ3v) is 5.02. The molecule has 0 unspecified atom stereocenters. The maximum absolute atomic E-state index is 14.0. The maximum Gasteiger partial charge on any atom is 0.237 e. The molecular weight excluding hydrogens is 321 g/mol. The van der Waals surface area contributed by atoms with E-state index in [1.54, 1.807) is 30.1 Å². The molecule has 0 aromatic heterocycles. The number of carbonyl (C=O) groups excluding carboxylic acids is 2. The molecule has 1 aromatic rings. The van der Waals surface area contributed by atoms with E-state index in [1.807, 2.05) is 4.90 Å². The molecule has 1 fully saturated rings. The van der Waals surface area contributed by atoms with Gasteiger partial charge in [0.2, 0.25) is 11.8 Å². The Kier molecular flexibility index (Phi) is 6.93. The van der Waals surface area contributed by atoms with Crippen molar-refractivity contribution in [3.05, 3.63) is 35.6 Å². The van der Waals surface area contributed by atoms with E-state index in [1.165, 1.54) is 6.07 Å². The number of amides is 2. The summed E-state index contributed by atoms with van der Waals surface area (Å²) < 4.78 is 14.0. The van der Waals surface area contributed by atoms with E-state index in [-0.39, 0.29) is 30.1 Å². The average molecular weight is 349 g/mol. The molecule has 1 saturated heterocycles. The monoisotopic (exact) mass is 349 g/mol. The van der Waals surface area contributed by atoms with Crippen molar-refractivity contribution in [3.8, 4) is 0 Å². The Hall–Kier alpha value is -1.95. The van der Waals surface area contributed by atoms with Gasteiger partial charge in [0.05, 0.1) is 12.5 Å². The van der Waals surface area contributed by atoms with Crippen LogP contribution in [0.4, 0.5) is 4.39 Å². The molecule has 0 saturated carbocycles. The molecule has 5 nitrogen and oxygen atoms in total. The van der Waals surface area contributed by atoms with Gasteiger partial charge in [-0.1, -0.05) is 32.0 Å². The predicted molar refractivity (Wildman–Crippen MR) is 95.4 cm³/mol. The summed E-state index contributed by atoms with van der Waals surface area (Å²) in [6.45, 7) is 5.55. The number of hydrogen-bond acceptors (Lipinski definition) is 3. The molecule has 1 aliphatic rings. The van der Waals surface area contributed by atoms with Gasteiger partial charge in [-0.3, -0.25) is 14.5 Å². The van der Waals surface area contributed by atoms with Gasteiger partial charge in [-0.15, -0.1) is 0 Å². The lowest BCUT2D eigenvalue weighted by Gasteiger charge is -2.36. The van der Waals surface area contributed by atoms with Crippen LogP contribution >= 0.6 is 0 Å². The standard InChI is InChI=1S/C19H28FN3O2/c1-4-15(5-2)22(3)18(24)12-17-19(25)21-10-11-23(17)13-14-8-6-7-9-16(14)20/h6-9,15,17H,4-5,10-13H2,1-3H3,(H,21,25)/t17-/m1/s1. The lowest BCUT2D eigenvalue weighted by atomic mass is 10.0. The first-order chi connectivity index (χ1) is 12.0. The van der Waals surface area contributed by atoms with Gasteiger partial charge >= 0.3 is 0 Å². The summed E-state index contributed by atoms with van der Waals surface area (Å²) in [6, 6.07) is 6.19. The van der Waals surface area contributed by atoms with Crippen LogP contribution in [0.1, 0.15) is 38.7 Å². The average Bonchev–Trinajstić information content (AvgIpc) is 2.60. The number of nitrogens with zero attached hydrogens (tertiary/aromatic N) is 2. The zero-order chi connectivity index (χ0) is 18.4. The zero-order valence-corrected chi connectivity index (χ0v) is 15.3. The Labute approximate surface area is 149 Å². The smallest absolute Gasteiger partial charge is 0.237 e. The second-order valence-electron chi connectivity index (χ2n) is 6.55. The normalized spacial score (nSPS) is 18.3. The molecule has 25 heavy (non-hydrogen) atoms. The second-order valence-corrected chi connectivity index (χ2v) is 6.55. The number of rotatable bonds is 7. The summed E-state index contributed by atoms with van der Waals surface area (Å²) in [5.74, 6) is -0.490. The van der Waals surface area contributed by atoms with Crippen molar-refractivity contribution in [2.45, 2.75) is 51.7 Å². The SMILES string of the molecule is CCC(CC)N(C)C(=O)C[C@@H]1C(=O)NCCN1Cc1ccccc1F. The molecule has 1 aromatic carbocycles. The van der Waals surface area contributed by atoms with Crippen molar-refractivity contribution in [3.63, 3.8) is 0 Å². The van der Waals surface area contributed by atoms with Crippen molar-refractivity contribution < 1.29 is 14.0 Å². The molecule has 0 bridgehead atoms. The Balaban J connectivity index is 2.10. The molecule has 1 N–H and O–H groups in total. The molecule has 2 rings (SSSR count). The predicted octanol–water partition coefficient (Wildman–Crippen LogP) is 2.16. The highest BCUT2D eigenvalue weighted by Gasteiger charge is 2.33. The third-order valence-electron chi connectivity index (χ3n) is 5.02. The molecule has 1 atom stereocenters. The van der Waals surface area contributed by atoms with E-state index >= 15 is 0 Å². The summed E-state index contributed by atoms with van der Waals surface area (Å²) in [5.41, 5.74) is 0.544. The number of hydrogen-bond donors (Lipinski definition) is 1. The molecule has 0 radical (unpaired) electrons. The van der Waals surface area contributed by atoms with E-state index in [0.717, 1.165) is 12.8 Å². The Bertz CT molecular complexity index is 604. The van der Waals surface area contributed by atoms with Crippen LogP contribution in [0.2, 0.25) is 0 Å². The minimum Gasteiger partial charge on any atom is -0.353 e.